The molecule has 54 valence electrons. The Morgan fingerprint density at radius 2 is 2.20 bits per heavy atom. The summed E-state index contributed by atoms with van der Waals surface area (Å²) in [6.07, 6.45) is 2.65. The number of hydrogen-bond donors (Lipinski definition) is 0. The summed E-state index contributed by atoms with van der Waals surface area (Å²) in [5.41, 5.74) is 0.498. The van der Waals surface area contributed by atoms with Crippen LogP contribution in [0.4, 0.5) is 4.39 Å². The SMILES string of the molecule is COc1cncc(F)c1C. The van der Waals surface area contributed by atoms with Gasteiger partial charge in [-0.2, -0.15) is 0 Å². The third-order valence-electron chi connectivity index (χ3n) is 1.33. The summed E-state index contributed by atoms with van der Waals surface area (Å²) in [6, 6.07) is 0. The number of pyridine rings is 1. The zero-order valence-electron chi connectivity index (χ0n) is 5.89. The minimum atomic E-state index is -0.334. The monoisotopic (exact) mass is 141 g/mol. The molecule has 2 nitrogen and oxygen atoms in total. The highest BCUT2D eigenvalue weighted by Crippen LogP contribution is 2.16. The lowest BCUT2D eigenvalue weighted by atomic mass is 10.3. The van der Waals surface area contributed by atoms with E-state index < -0.39 is 0 Å². The predicted molar refractivity (Wildman–Crippen MR) is 35.5 cm³/mol. The summed E-state index contributed by atoms with van der Waals surface area (Å²) in [6.45, 7) is 1.65. The third-order valence-corrected chi connectivity index (χ3v) is 1.33. The highest BCUT2D eigenvalue weighted by molar-refractivity contribution is 5.29. The molecule has 1 aromatic rings. The van der Waals surface area contributed by atoms with Gasteiger partial charge in [0.05, 0.1) is 19.5 Å². The number of ether oxygens (including phenoxy) is 1. The van der Waals surface area contributed by atoms with E-state index in [-0.39, 0.29) is 5.82 Å². The maximum Gasteiger partial charge on any atom is 0.148 e. The number of methoxy groups -OCH3 is 1. The molecule has 0 aromatic carbocycles. The summed E-state index contributed by atoms with van der Waals surface area (Å²) >= 11 is 0. The molecular formula is C7H8FNO. The largest absolute Gasteiger partial charge is 0.495 e. The fraction of sp³-hybridized carbons (Fsp3) is 0.286. The Morgan fingerprint density at radius 3 is 2.70 bits per heavy atom. The predicted octanol–water partition coefficient (Wildman–Crippen LogP) is 1.54. The first kappa shape index (κ1) is 6.99. The van der Waals surface area contributed by atoms with Crippen LogP contribution in [0.3, 0.4) is 0 Å². The van der Waals surface area contributed by atoms with Crippen molar-refractivity contribution in [3.63, 3.8) is 0 Å². The molecule has 0 saturated carbocycles. The molecule has 0 aliphatic rings. The fourth-order valence-corrected chi connectivity index (χ4v) is 0.688. The molecule has 0 amide bonds. The summed E-state index contributed by atoms with van der Waals surface area (Å²) in [4.78, 5) is 3.62. The van der Waals surface area contributed by atoms with Crippen LogP contribution in [0.15, 0.2) is 12.4 Å². The van der Waals surface area contributed by atoms with Crippen molar-refractivity contribution in [1.82, 2.24) is 4.98 Å². The Balaban J connectivity index is 3.14. The molecule has 0 bridgehead atoms. The number of rotatable bonds is 1. The van der Waals surface area contributed by atoms with E-state index in [2.05, 4.69) is 4.98 Å². The number of halogens is 1. The second kappa shape index (κ2) is 2.64. The molecule has 1 aromatic heterocycles. The van der Waals surface area contributed by atoms with Crippen molar-refractivity contribution < 1.29 is 9.13 Å². The van der Waals surface area contributed by atoms with Gasteiger partial charge in [-0.25, -0.2) is 4.39 Å². The van der Waals surface area contributed by atoms with Gasteiger partial charge in [-0.1, -0.05) is 0 Å². The summed E-state index contributed by atoms with van der Waals surface area (Å²) in [5.74, 6) is 0.152. The van der Waals surface area contributed by atoms with Crippen LogP contribution in [0, 0.1) is 12.7 Å². The van der Waals surface area contributed by atoms with Crippen LogP contribution >= 0.6 is 0 Å². The quantitative estimate of drug-likeness (QED) is 0.591. The van der Waals surface area contributed by atoms with Gasteiger partial charge in [0.15, 0.2) is 0 Å². The van der Waals surface area contributed by atoms with E-state index in [1.54, 1.807) is 6.92 Å². The fourth-order valence-electron chi connectivity index (χ4n) is 0.688. The minimum Gasteiger partial charge on any atom is -0.495 e. The lowest BCUT2D eigenvalue weighted by Crippen LogP contribution is -1.91. The van der Waals surface area contributed by atoms with Crippen LogP contribution in [0.25, 0.3) is 0 Å². The zero-order valence-corrected chi connectivity index (χ0v) is 5.89. The van der Waals surface area contributed by atoms with Gasteiger partial charge in [-0.15, -0.1) is 0 Å². The van der Waals surface area contributed by atoms with Crippen LogP contribution in [0.2, 0.25) is 0 Å². The van der Waals surface area contributed by atoms with E-state index in [9.17, 15) is 4.39 Å². The molecule has 10 heavy (non-hydrogen) atoms. The van der Waals surface area contributed by atoms with Crippen molar-refractivity contribution in [2.24, 2.45) is 0 Å². The second-order valence-electron chi connectivity index (χ2n) is 1.95. The van der Waals surface area contributed by atoms with Crippen molar-refractivity contribution in [2.45, 2.75) is 6.92 Å². The van der Waals surface area contributed by atoms with Crippen molar-refractivity contribution >= 4 is 0 Å². The topological polar surface area (TPSA) is 22.1 Å². The molecule has 1 rings (SSSR count). The average Bonchev–Trinajstić information content (AvgIpc) is 1.95. The van der Waals surface area contributed by atoms with Crippen LogP contribution in [-0.4, -0.2) is 12.1 Å². The highest BCUT2D eigenvalue weighted by atomic mass is 19.1. The molecular weight excluding hydrogens is 133 g/mol. The van der Waals surface area contributed by atoms with Gasteiger partial charge < -0.3 is 4.74 Å². The van der Waals surface area contributed by atoms with E-state index in [0.717, 1.165) is 6.20 Å². The molecule has 0 N–H and O–H groups in total. The van der Waals surface area contributed by atoms with Crippen molar-refractivity contribution in [2.75, 3.05) is 7.11 Å². The lowest BCUT2D eigenvalue weighted by Gasteiger charge is -2.02. The van der Waals surface area contributed by atoms with E-state index in [0.29, 0.717) is 11.3 Å². The molecule has 0 radical (unpaired) electrons. The zero-order chi connectivity index (χ0) is 7.56. The number of hydrogen-bond acceptors (Lipinski definition) is 2. The van der Waals surface area contributed by atoms with Crippen molar-refractivity contribution in [3.05, 3.63) is 23.8 Å². The van der Waals surface area contributed by atoms with Gasteiger partial charge in [-0.05, 0) is 6.92 Å². The van der Waals surface area contributed by atoms with Crippen LogP contribution < -0.4 is 4.74 Å². The molecule has 0 unspecified atom stereocenters. The Bertz CT molecular complexity index is 237. The van der Waals surface area contributed by atoms with Crippen LogP contribution in [-0.2, 0) is 0 Å². The Labute approximate surface area is 58.7 Å². The highest BCUT2D eigenvalue weighted by Gasteiger charge is 2.01. The van der Waals surface area contributed by atoms with Gasteiger partial charge in [0.1, 0.15) is 11.6 Å². The third kappa shape index (κ3) is 1.07. The van der Waals surface area contributed by atoms with Gasteiger partial charge in [0.2, 0.25) is 0 Å². The maximum atomic E-state index is 12.6. The van der Waals surface area contributed by atoms with Gasteiger partial charge in [0, 0.05) is 5.56 Å². The standard InChI is InChI=1S/C7H8FNO/c1-5-6(8)3-9-4-7(5)10-2/h3-4H,1-2H3. The Hall–Kier alpha value is -1.12. The van der Waals surface area contributed by atoms with Gasteiger partial charge >= 0.3 is 0 Å². The van der Waals surface area contributed by atoms with E-state index in [1.807, 2.05) is 0 Å². The molecule has 0 spiro atoms. The van der Waals surface area contributed by atoms with E-state index in [4.69, 9.17) is 4.74 Å². The van der Waals surface area contributed by atoms with Gasteiger partial charge in [0.25, 0.3) is 0 Å². The summed E-state index contributed by atoms with van der Waals surface area (Å²) in [7, 11) is 1.49. The summed E-state index contributed by atoms with van der Waals surface area (Å²) < 4.78 is 17.4. The van der Waals surface area contributed by atoms with Gasteiger partial charge in [-0.3, -0.25) is 4.98 Å². The molecule has 0 atom stereocenters. The molecule has 0 saturated heterocycles. The van der Waals surface area contributed by atoms with Crippen LogP contribution in [0.1, 0.15) is 5.56 Å². The molecule has 0 fully saturated rings. The van der Waals surface area contributed by atoms with Crippen LogP contribution in [0.5, 0.6) is 5.75 Å². The second-order valence-corrected chi connectivity index (χ2v) is 1.95. The molecule has 3 heteroatoms. The number of nitrogens with zero attached hydrogens (tertiary/aromatic N) is 1. The first-order valence-corrected chi connectivity index (χ1v) is 2.90. The Kier molecular flexibility index (Phi) is 1.85. The van der Waals surface area contributed by atoms with E-state index >= 15 is 0 Å². The normalized spacial score (nSPS) is 9.50. The van der Waals surface area contributed by atoms with Crippen molar-refractivity contribution in [3.8, 4) is 5.75 Å². The summed E-state index contributed by atoms with van der Waals surface area (Å²) in [5, 5.41) is 0. The smallest absolute Gasteiger partial charge is 0.148 e. The van der Waals surface area contributed by atoms with E-state index in [1.165, 1.54) is 13.3 Å². The first-order chi connectivity index (χ1) is 4.75. The number of aromatic nitrogens is 1. The minimum absolute atomic E-state index is 0.334. The first-order valence-electron chi connectivity index (χ1n) is 2.90. The lowest BCUT2D eigenvalue weighted by molar-refractivity contribution is 0.404. The Morgan fingerprint density at radius 1 is 1.50 bits per heavy atom. The molecule has 0 aliphatic carbocycles. The van der Waals surface area contributed by atoms with Crippen molar-refractivity contribution in [1.29, 1.82) is 0 Å². The maximum absolute atomic E-state index is 12.6. The molecule has 0 aliphatic heterocycles. The molecule has 1 heterocycles. The average molecular weight is 141 g/mol.